The van der Waals surface area contributed by atoms with E-state index in [1.807, 2.05) is 24.3 Å². The van der Waals surface area contributed by atoms with Crippen LogP contribution in [0, 0.1) is 0 Å². The van der Waals surface area contributed by atoms with Crippen LogP contribution in [0.3, 0.4) is 0 Å². The summed E-state index contributed by atoms with van der Waals surface area (Å²) in [6.45, 7) is 6.56. The minimum absolute atomic E-state index is 0.490. The van der Waals surface area contributed by atoms with Gasteiger partial charge >= 0.3 is 6.09 Å². The van der Waals surface area contributed by atoms with Gasteiger partial charge in [-0.2, -0.15) is 0 Å². The second-order valence-electron chi connectivity index (χ2n) is 8.97. The lowest BCUT2D eigenvalue weighted by Gasteiger charge is -2.34. The van der Waals surface area contributed by atoms with Crippen molar-refractivity contribution in [1.82, 2.24) is 4.90 Å². The summed E-state index contributed by atoms with van der Waals surface area (Å²) in [6, 6.07) is 22.4. The Morgan fingerprint density at radius 2 is 1.70 bits per heavy atom. The molecule has 0 saturated carbocycles. The summed E-state index contributed by atoms with van der Waals surface area (Å²) in [7, 11) is 3.90. The molecule has 37 heavy (non-hydrogen) atoms. The number of rotatable bonds is 8. The van der Waals surface area contributed by atoms with E-state index in [2.05, 4.69) is 41.2 Å². The molecule has 0 bridgehead atoms. The second kappa shape index (κ2) is 14.7. The minimum Gasteiger partial charge on any atom is -0.495 e. The van der Waals surface area contributed by atoms with Crippen molar-refractivity contribution in [3.8, 4) is 11.5 Å². The van der Waals surface area contributed by atoms with Crippen molar-refractivity contribution in [3.05, 3.63) is 83.9 Å². The SMILES string of the molecule is CCCCc1ccc(OC(=O)Nc2cccc(C=O)c2)cc1.COc1ccccc1N1CCN(C)CC1. The molecule has 0 unspecified atom stereocenters. The van der Waals surface area contributed by atoms with Gasteiger partial charge in [0.2, 0.25) is 0 Å². The van der Waals surface area contributed by atoms with Crippen LogP contribution in [0.15, 0.2) is 72.8 Å². The molecular formula is C30H37N3O4. The topological polar surface area (TPSA) is 71.1 Å². The van der Waals surface area contributed by atoms with Crippen molar-refractivity contribution >= 4 is 23.8 Å². The van der Waals surface area contributed by atoms with E-state index in [1.54, 1.807) is 43.5 Å². The smallest absolute Gasteiger partial charge is 0.417 e. The number of carbonyl (C=O) groups is 2. The zero-order valence-corrected chi connectivity index (χ0v) is 22.0. The number of nitrogens with one attached hydrogen (secondary N) is 1. The molecule has 196 valence electrons. The van der Waals surface area contributed by atoms with Gasteiger partial charge in [0.25, 0.3) is 0 Å². The van der Waals surface area contributed by atoms with Crippen LogP contribution in [0.25, 0.3) is 0 Å². The number of carbonyl (C=O) groups excluding carboxylic acids is 2. The number of methoxy groups -OCH3 is 1. The Kier molecular flexibility index (Phi) is 11.0. The second-order valence-corrected chi connectivity index (χ2v) is 8.97. The number of likely N-dealkylation sites (N-methyl/N-ethyl adjacent to an activating group) is 1. The maximum absolute atomic E-state index is 11.8. The summed E-state index contributed by atoms with van der Waals surface area (Å²) < 4.78 is 10.6. The molecule has 3 aromatic carbocycles. The van der Waals surface area contributed by atoms with Crippen LogP contribution in [0.5, 0.6) is 11.5 Å². The van der Waals surface area contributed by atoms with E-state index in [0.29, 0.717) is 17.0 Å². The minimum atomic E-state index is -0.579. The van der Waals surface area contributed by atoms with E-state index in [1.165, 1.54) is 11.3 Å². The number of aldehydes is 1. The fraction of sp³-hybridized carbons (Fsp3) is 0.333. The monoisotopic (exact) mass is 503 g/mol. The van der Waals surface area contributed by atoms with Crippen LogP contribution in [0.1, 0.15) is 35.7 Å². The van der Waals surface area contributed by atoms with Crippen molar-refractivity contribution in [3.63, 3.8) is 0 Å². The summed E-state index contributed by atoms with van der Waals surface area (Å²) in [5.41, 5.74) is 3.47. The van der Waals surface area contributed by atoms with E-state index in [4.69, 9.17) is 9.47 Å². The van der Waals surface area contributed by atoms with E-state index in [0.717, 1.165) is 57.5 Å². The van der Waals surface area contributed by atoms with Gasteiger partial charge in [-0.1, -0.05) is 49.7 Å². The Morgan fingerprint density at radius 1 is 0.973 bits per heavy atom. The molecule has 1 aliphatic heterocycles. The lowest BCUT2D eigenvalue weighted by atomic mass is 10.1. The lowest BCUT2D eigenvalue weighted by Crippen LogP contribution is -2.44. The number of aryl methyl sites for hydroxylation is 1. The number of benzene rings is 3. The first-order valence-electron chi connectivity index (χ1n) is 12.7. The Morgan fingerprint density at radius 3 is 2.38 bits per heavy atom. The number of para-hydroxylation sites is 2. The number of nitrogens with zero attached hydrogens (tertiary/aromatic N) is 2. The molecule has 1 saturated heterocycles. The highest BCUT2D eigenvalue weighted by molar-refractivity contribution is 5.88. The first-order valence-corrected chi connectivity index (χ1v) is 12.7. The number of anilines is 2. The molecule has 3 aromatic rings. The Bertz CT molecular complexity index is 1130. The van der Waals surface area contributed by atoms with Crippen LogP contribution in [0.2, 0.25) is 0 Å². The Hall–Kier alpha value is -3.84. The van der Waals surface area contributed by atoms with E-state index < -0.39 is 6.09 Å². The number of hydrogen-bond acceptors (Lipinski definition) is 6. The quantitative estimate of drug-likeness (QED) is 0.386. The van der Waals surface area contributed by atoms with Gasteiger partial charge in [0.05, 0.1) is 12.8 Å². The number of hydrogen-bond donors (Lipinski definition) is 1. The zero-order chi connectivity index (χ0) is 26.5. The van der Waals surface area contributed by atoms with Gasteiger partial charge in [-0.15, -0.1) is 0 Å². The third-order valence-corrected chi connectivity index (χ3v) is 6.15. The maximum Gasteiger partial charge on any atom is 0.417 e. The average molecular weight is 504 g/mol. The maximum atomic E-state index is 11.8. The molecule has 1 amide bonds. The zero-order valence-electron chi connectivity index (χ0n) is 22.0. The molecule has 1 fully saturated rings. The van der Waals surface area contributed by atoms with Crippen molar-refractivity contribution in [2.75, 3.05) is 50.6 Å². The van der Waals surface area contributed by atoms with Gasteiger partial charge < -0.3 is 19.3 Å². The Labute approximate surface area is 220 Å². The van der Waals surface area contributed by atoms with Gasteiger partial charge in [0.15, 0.2) is 0 Å². The molecule has 0 radical (unpaired) electrons. The highest BCUT2D eigenvalue weighted by Crippen LogP contribution is 2.28. The van der Waals surface area contributed by atoms with E-state index >= 15 is 0 Å². The molecule has 7 heteroatoms. The fourth-order valence-corrected chi connectivity index (χ4v) is 3.98. The van der Waals surface area contributed by atoms with Crippen molar-refractivity contribution in [2.24, 2.45) is 0 Å². The van der Waals surface area contributed by atoms with Crippen molar-refractivity contribution in [1.29, 1.82) is 0 Å². The van der Waals surface area contributed by atoms with Crippen molar-refractivity contribution in [2.45, 2.75) is 26.2 Å². The highest BCUT2D eigenvalue weighted by Gasteiger charge is 2.16. The van der Waals surface area contributed by atoms with Crippen LogP contribution in [-0.2, 0) is 6.42 Å². The molecule has 0 spiro atoms. The molecule has 1 aliphatic rings. The first-order chi connectivity index (χ1) is 18.0. The third kappa shape index (κ3) is 8.95. The lowest BCUT2D eigenvalue weighted by molar-refractivity contribution is 0.112. The molecule has 0 aliphatic carbocycles. The molecule has 1 N–H and O–H groups in total. The van der Waals surface area contributed by atoms with E-state index in [9.17, 15) is 9.59 Å². The van der Waals surface area contributed by atoms with Gasteiger partial charge in [-0.3, -0.25) is 10.1 Å². The standard InChI is InChI=1S/C18H19NO3.C12H18N2O/c1-2-3-5-14-8-10-17(11-9-14)22-18(21)19-16-7-4-6-15(12-16)13-20;1-13-7-9-14(10-8-13)11-5-3-4-6-12(11)15-2/h4,6-13H,2-3,5H2,1H3,(H,19,21);3-6H,7-10H2,1-2H3. The van der Waals surface area contributed by atoms with Gasteiger partial charge in [-0.05, 0) is 61.9 Å². The van der Waals surface area contributed by atoms with E-state index in [-0.39, 0.29) is 0 Å². The van der Waals surface area contributed by atoms with Gasteiger partial charge in [0, 0.05) is 37.4 Å². The highest BCUT2D eigenvalue weighted by atomic mass is 16.6. The number of ether oxygens (including phenoxy) is 2. The molecule has 1 heterocycles. The first kappa shape index (κ1) is 27.7. The van der Waals surface area contributed by atoms with Crippen LogP contribution in [0.4, 0.5) is 16.2 Å². The van der Waals surface area contributed by atoms with Crippen LogP contribution < -0.4 is 19.7 Å². The van der Waals surface area contributed by atoms with Crippen LogP contribution in [-0.4, -0.2) is 57.6 Å². The van der Waals surface area contributed by atoms with Gasteiger partial charge in [-0.25, -0.2) is 4.79 Å². The number of unbranched alkanes of at least 4 members (excludes halogenated alkanes) is 1. The number of piperazine rings is 1. The largest absolute Gasteiger partial charge is 0.495 e. The average Bonchev–Trinajstić information content (AvgIpc) is 2.93. The predicted octanol–water partition coefficient (Wildman–Crippen LogP) is 5.90. The Balaban J connectivity index is 0.000000220. The molecular weight excluding hydrogens is 466 g/mol. The van der Waals surface area contributed by atoms with Crippen molar-refractivity contribution < 1.29 is 19.1 Å². The molecule has 0 aromatic heterocycles. The third-order valence-electron chi connectivity index (χ3n) is 6.15. The van der Waals surface area contributed by atoms with Crippen LogP contribution >= 0.6 is 0 Å². The van der Waals surface area contributed by atoms with Gasteiger partial charge in [0.1, 0.15) is 17.8 Å². The summed E-state index contributed by atoms with van der Waals surface area (Å²) in [4.78, 5) is 27.3. The molecule has 7 nitrogen and oxygen atoms in total. The summed E-state index contributed by atoms with van der Waals surface area (Å²) in [6.07, 6.45) is 3.48. The molecule has 4 rings (SSSR count). The molecule has 0 atom stereocenters. The fourth-order valence-electron chi connectivity index (χ4n) is 3.98. The summed E-state index contributed by atoms with van der Waals surface area (Å²) in [5, 5.41) is 2.59. The number of amides is 1. The summed E-state index contributed by atoms with van der Waals surface area (Å²) >= 11 is 0. The normalized spacial score (nSPS) is 13.2. The summed E-state index contributed by atoms with van der Waals surface area (Å²) in [5.74, 6) is 1.46. The predicted molar refractivity (Wildman–Crippen MR) is 149 cm³/mol.